The highest BCUT2D eigenvalue weighted by molar-refractivity contribution is 6.34. The Morgan fingerprint density at radius 2 is 1.92 bits per heavy atom. The van der Waals surface area contributed by atoms with E-state index in [0.717, 1.165) is 5.56 Å². The second-order valence-corrected chi connectivity index (χ2v) is 6.68. The summed E-state index contributed by atoms with van der Waals surface area (Å²) in [6, 6.07) is 12.2. The third kappa shape index (κ3) is 4.24. The Balaban J connectivity index is 1.65. The molecule has 1 heterocycles. The van der Waals surface area contributed by atoms with Gasteiger partial charge >= 0.3 is 5.97 Å². The molecule has 3 rings (SSSR count). The molecule has 0 spiro atoms. The standard InChI is InChI=1S/C18H15Cl2NO4/c19-13-3-6-15(20)16(8-13)25-14-4-1-11(2-5-14)9-21-10-12(18(23)24)7-17(21)22/h1-6,8,12H,7,9-10H2,(H,23,24). The van der Waals surface area contributed by atoms with Crippen LogP contribution in [0.4, 0.5) is 0 Å². The normalized spacial score (nSPS) is 17.0. The Hall–Kier alpha value is -2.24. The van der Waals surface area contributed by atoms with Crippen LogP contribution in [0.15, 0.2) is 42.5 Å². The molecule has 0 saturated carbocycles. The van der Waals surface area contributed by atoms with Crippen molar-refractivity contribution in [3.8, 4) is 11.5 Å². The van der Waals surface area contributed by atoms with Crippen LogP contribution < -0.4 is 4.74 Å². The molecule has 130 valence electrons. The van der Waals surface area contributed by atoms with Crippen molar-refractivity contribution in [3.05, 3.63) is 58.1 Å². The summed E-state index contributed by atoms with van der Waals surface area (Å²) < 4.78 is 5.71. The van der Waals surface area contributed by atoms with E-state index in [0.29, 0.717) is 28.1 Å². The summed E-state index contributed by atoms with van der Waals surface area (Å²) in [5.41, 5.74) is 0.893. The van der Waals surface area contributed by atoms with Crippen molar-refractivity contribution in [2.75, 3.05) is 6.54 Å². The molecule has 1 N–H and O–H groups in total. The van der Waals surface area contributed by atoms with Crippen LogP contribution in [0, 0.1) is 5.92 Å². The van der Waals surface area contributed by atoms with Gasteiger partial charge in [-0.3, -0.25) is 9.59 Å². The van der Waals surface area contributed by atoms with Gasteiger partial charge in [0.1, 0.15) is 11.5 Å². The molecule has 0 aliphatic carbocycles. The van der Waals surface area contributed by atoms with Gasteiger partial charge in [0.15, 0.2) is 0 Å². The number of carbonyl (C=O) groups is 2. The highest BCUT2D eigenvalue weighted by Crippen LogP contribution is 2.32. The molecular formula is C18H15Cl2NO4. The zero-order valence-electron chi connectivity index (χ0n) is 13.1. The minimum absolute atomic E-state index is 0.0593. The van der Waals surface area contributed by atoms with Crippen LogP contribution in [0.5, 0.6) is 11.5 Å². The molecule has 5 nitrogen and oxygen atoms in total. The number of rotatable bonds is 5. The minimum atomic E-state index is -0.932. The van der Waals surface area contributed by atoms with Crippen molar-refractivity contribution in [3.63, 3.8) is 0 Å². The largest absolute Gasteiger partial charge is 0.481 e. The molecule has 1 fully saturated rings. The number of carboxylic acids is 1. The highest BCUT2D eigenvalue weighted by atomic mass is 35.5. The van der Waals surface area contributed by atoms with Crippen LogP contribution in [0.25, 0.3) is 0 Å². The van der Waals surface area contributed by atoms with E-state index in [4.69, 9.17) is 33.0 Å². The number of hydrogen-bond donors (Lipinski definition) is 1. The SMILES string of the molecule is O=C(O)C1CC(=O)N(Cc2ccc(Oc3cc(Cl)ccc3Cl)cc2)C1. The molecule has 1 aliphatic heterocycles. The van der Waals surface area contributed by atoms with Gasteiger partial charge in [0, 0.05) is 30.6 Å². The molecule has 2 aromatic carbocycles. The van der Waals surface area contributed by atoms with Crippen molar-refractivity contribution in [1.82, 2.24) is 4.90 Å². The van der Waals surface area contributed by atoms with Crippen molar-refractivity contribution >= 4 is 35.1 Å². The fraction of sp³-hybridized carbons (Fsp3) is 0.222. The molecule has 1 saturated heterocycles. The summed E-state index contributed by atoms with van der Waals surface area (Å²) in [7, 11) is 0. The second-order valence-electron chi connectivity index (χ2n) is 5.83. The van der Waals surface area contributed by atoms with Gasteiger partial charge in [-0.1, -0.05) is 35.3 Å². The zero-order chi connectivity index (χ0) is 18.0. The maximum absolute atomic E-state index is 11.9. The van der Waals surface area contributed by atoms with Crippen molar-refractivity contribution in [1.29, 1.82) is 0 Å². The number of nitrogens with zero attached hydrogens (tertiary/aromatic N) is 1. The molecule has 2 aromatic rings. The molecule has 0 bridgehead atoms. The van der Waals surface area contributed by atoms with Gasteiger partial charge in [-0.2, -0.15) is 0 Å². The van der Waals surface area contributed by atoms with Crippen molar-refractivity contribution in [2.24, 2.45) is 5.92 Å². The maximum Gasteiger partial charge on any atom is 0.308 e. The van der Waals surface area contributed by atoms with E-state index in [1.165, 1.54) is 0 Å². The van der Waals surface area contributed by atoms with E-state index < -0.39 is 11.9 Å². The van der Waals surface area contributed by atoms with E-state index in [-0.39, 0.29) is 18.9 Å². The lowest BCUT2D eigenvalue weighted by molar-refractivity contribution is -0.141. The number of benzene rings is 2. The second kappa shape index (κ2) is 7.33. The van der Waals surface area contributed by atoms with Crippen LogP contribution >= 0.6 is 23.2 Å². The fourth-order valence-electron chi connectivity index (χ4n) is 2.66. The number of ether oxygens (including phenoxy) is 1. The molecule has 1 atom stereocenters. The number of halogens is 2. The minimum Gasteiger partial charge on any atom is -0.481 e. The average Bonchev–Trinajstić information content (AvgIpc) is 2.94. The Labute approximate surface area is 154 Å². The monoisotopic (exact) mass is 379 g/mol. The number of aliphatic carboxylic acids is 1. The Morgan fingerprint density at radius 1 is 1.20 bits per heavy atom. The van der Waals surface area contributed by atoms with E-state index in [2.05, 4.69) is 0 Å². The number of carbonyl (C=O) groups excluding carboxylic acids is 1. The molecule has 1 unspecified atom stereocenters. The molecule has 25 heavy (non-hydrogen) atoms. The van der Waals surface area contributed by atoms with Crippen LogP contribution in [0.2, 0.25) is 10.0 Å². The fourth-order valence-corrected chi connectivity index (χ4v) is 2.97. The summed E-state index contributed by atoms with van der Waals surface area (Å²) in [5, 5.41) is 10.00. The summed E-state index contributed by atoms with van der Waals surface area (Å²) in [6.45, 7) is 0.616. The van der Waals surface area contributed by atoms with E-state index in [1.54, 1.807) is 35.2 Å². The Morgan fingerprint density at radius 3 is 2.56 bits per heavy atom. The smallest absolute Gasteiger partial charge is 0.308 e. The summed E-state index contributed by atoms with van der Waals surface area (Å²) in [4.78, 5) is 24.4. The van der Waals surface area contributed by atoms with E-state index >= 15 is 0 Å². The maximum atomic E-state index is 11.9. The van der Waals surface area contributed by atoms with Crippen LogP contribution in [-0.4, -0.2) is 28.4 Å². The molecule has 1 aliphatic rings. The summed E-state index contributed by atoms with van der Waals surface area (Å²) in [6.07, 6.45) is 0.0593. The highest BCUT2D eigenvalue weighted by Gasteiger charge is 2.33. The van der Waals surface area contributed by atoms with Gasteiger partial charge < -0.3 is 14.7 Å². The van der Waals surface area contributed by atoms with E-state index in [1.807, 2.05) is 12.1 Å². The van der Waals surface area contributed by atoms with Gasteiger partial charge in [0.25, 0.3) is 0 Å². The Bertz CT molecular complexity index is 807. The topological polar surface area (TPSA) is 66.8 Å². The first-order valence-corrected chi connectivity index (χ1v) is 8.40. The number of amides is 1. The van der Waals surface area contributed by atoms with Crippen LogP contribution in [-0.2, 0) is 16.1 Å². The van der Waals surface area contributed by atoms with Gasteiger partial charge in [0.05, 0.1) is 10.9 Å². The third-order valence-electron chi connectivity index (χ3n) is 3.98. The average molecular weight is 380 g/mol. The molecule has 0 aromatic heterocycles. The predicted molar refractivity (Wildman–Crippen MR) is 94.1 cm³/mol. The lowest BCUT2D eigenvalue weighted by Crippen LogP contribution is -2.25. The Kier molecular flexibility index (Phi) is 5.16. The third-order valence-corrected chi connectivity index (χ3v) is 4.53. The first-order chi connectivity index (χ1) is 11.9. The molecule has 7 heteroatoms. The molecule has 0 radical (unpaired) electrons. The number of likely N-dealkylation sites (tertiary alicyclic amines) is 1. The number of carboxylic acid groups (broad SMARTS) is 1. The lowest BCUT2D eigenvalue weighted by Gasteiger charge is -2.16. The van der Waals surface area contributed by atoms with Crippen molar-refractivity contribution in [2.45, 2.75) is 13.0 Å². The summed E-state index contributed by atoms with van der Waals surface area (Å²) in [5.74, 6) is -0.651. The van der Waals surface area contributed by atoms with Gasteiger partial charge in [0.2, 0.25) is 5.91 Å². The number of hydrogen-bond acceptors (Lipinski definition) is 3. The lowest BCUT2D eigenvalue weighted by atomic mass is 10.1. The van der Waals surface area contributed by atoms with E-state index in [9.17, 15) is 9.59 Å². The van der Waals surface area contributed by atoms with Crippen molar-refractivity contribution < 1.29 is 19.4 Å². The quantitative estimate of drug-likeness (QED) is 0.844. The van der Waals surface area contributed by atoms with Crippen LogP contribution in [0.1, 0.15) is 12.0 Å². The first kappa shape index (κ1) is 17.6. The predicted octanol–water partition coefficient (Wildman–Crippen LogP) is 4.22. The molecule has 1 amide bonds. The van der Waals surface area contributed by atoms with Gasteiger partial charge in [-0.05, 0) is 29.8 Å². The van der Waals surface area contributed by atoms with Gasteiger partial charge in [-0.15, -0.1) is 0 Å². The molecular weight excluding hydrogens is 365 g/mol. The zero-order valence-corrected chi connectivity index (χ0v) is 14.6. The first-order valence-electron chi connectivity index (χ1n) is 7.65. The van der Waals surface area contributed by atoms with Crippen LogP contribution in [0.3, 0.4) is 0 Å². The van der Waals surface area contributed by atoms with Gasteiger partial charge in [-0.25, -0.2) is 0 Å². The summed E-state index contributed by atoms with van der Waals surface area (Å²) >= 11 is 12.0.